The average Bonchev–Trinajstić information content (AvgIpc) is 2.68. The number of ether oxygens (including phenoxy) is 2. The Labute approximate surface area is 185 Å². The van der Waals surface area contributed by atoms with Crippen molar-refractivity contribution < 1.29 is 32.6 Å². The van der Waals surface area contributed by atoms with E-state index in [1.807, 2.05) is 0 Å². The minimum absolute atomic E-state index is 0.0274. The number of methoxy groups -OCH3 is 1. The third kappa shape index (κ3) is 5.35. The molecule has 2 saturated heterocycles. The minimum atomic E-state index is -1.06. The number of rotatable bonds is 4. The van der Waals surface area contributed by atoms with Crippen LogP contribution in [0.3, 0.4) is 0 Å². The Balaban J connectivity index is 1.81. The van der Waals surface area contributed by atoms with Crippen molar-refractivity contribution in [3.8, 4) is 0 Å². The van der Waals surface area contributed by atoms with Crippen LogP contribution in [0.1, 0.15) is 45.1 Å². The van der Waals surface area contributed by atoms with Gasteiger partial charge in [0.15, 0.2) is 0 Å². The molecule has 2 atom stereocenters. The zero-order chi connectivity index (χ0) is 23.6. The summed E-state index contributed by atoms with van der Waals surface area (Å²) in [5.74, 6) is -3.90. The van der Waals surface area contributed by atoms with Crippen molar-refractivity contribution in [2.45, 2.75) is 51.2 Å². The number of imide groups is 1. The quantitative estimate of drug-likeness (QED) is 0.705. The lowest BCUT2D eigenvalue weighted by Crippen LogP contribution is -2.57. The van der Waals surface area contributed by atoms with Crippen LogP contribution >= 0.6 is 0 Å². The van der Waals surface area contributed by atoms with E-state index in [-0.39, 0.29) is 37.6 Å². The molecule has 2 fully saturated rings. The van der Waals surface area contributed by atoms with E-state index < -0.39 is 41.1 Å². The Kier molecular flexibility index (Phi) is 7.02. The van der Waals surface area contributed by atoms with Crippen LogP contribution in [-0.4, -0.2) is 67.8 Å². The largest absolute Gasteiger partial charge is 0.444 e. The van der Waals surface area contributed by atoms with E-state index in [0.29, 0.717) is 18.8 Å². The molecule has 1 aromatic rings. The summed E-state index contributed by atoms with van der Waals surface area (Å²) in [5, 5.41) is 2.13. The molecule has 0 radical (unpaired) electrons. The first kappa shape index (κ1) is 23.9. The number of carbonyl (C=O) groups is 3. The zero-order valence-electron chi connectivity index (χ0n) is 18.7. The SMILES string of the molecule is COC[C@H]1CN(C(=O)OC(C)(C)C)CCN1c1cc(F)c([C@H]2CCC(=O)NC2=O)c(F)c1. The van der Waals surface area contributed by atoms with E-state index in [9.17, 15) is 23.2 Å². The first-order valence-electron chi connectivity index (χ1n) is 10.6. The minimum Gasteiger partial charge on any atom is -0.444 e. The summed E-state index contributed by atoms with van der Waals surface area (Å²) in [4.78, 5) is 39.2. The molecule has 0 aliphatic carbocycles. The Bertz CT molecular complexity index is 879. The molecule has 3 rings (SSSR count). The van der Waals surface area contributed by atoms with E-state index in [1.54, 1.807) is 30.6 Å². The summed E-state index contributed by atoms with van der Waals surface area (Å²) in [5.41, 5.74) is -0.681. The molecule has 0 aromatic heterocycles. The summed E-state index contributed by atoms with van der Waals surface area (Å²) in [6.45, 7) is 6.48. The van der Waals surface area contributed by atoms with Crippen molar-refractivity contribution in [1.82, 2.24) is 10.2 Å². The molecule has 0 saturated carbocycles. The number of piperidine rings is 1. The van der Waals surface area contributed by atoms with E-state index in [2.05, 4.69) is 5.32 Å². The lowest BCUT2D eigenvalue weighted by molar-refractivity contribution is -0.134. The lowest BCUT2D eigenvalue weighted by Gasteiger charge is -2.42. The highest BCUT2D eigenvalue weighted by Crippen LogP contribution is 2.33. The number of anilines is 1. The first-order chi connectivity index (χ1) is 15.0. The summed E-state index contributed by atoms with van der Waals surface area (Å²) in [7, 11) is 1.51. The average molecular weight is 453 g/mol. The van der Waals surface area contributed by atoms with Gasteiger partial charge in [0.25, 0.3) is 0 Å². The maximum absolute atomic E-state index is 15.0. The topological polar surface area (TPSA) is 88.2 Å². The molecule has 0 spiro atoms. The monoisotopic (exact) mass is 453 g/mol. The van der Waals surface area contributed by atoms with Gasteiger partial charge in [-0.05, 0) is 39.3 Å². The highest BCUT2D eigenvalue weighted by Gasteiger charge is 2.35. The lowest BCUT2D eigenvalue weighted by atomic mass is 9.89. The maximum atomic E-state index is 15.0. The third-order valence-electron chi connectivity index (χ3n) is 5.48. The van der Waals surface area contributed by atoms with Crippen LogP contribution in [0.5, 0.6) is 0 Å². The number of carbonyl (C=O) groups excluding carboxylic acids is 3. The number of piperazine rings is 1. The Morgan fingerprint density at radius 3 is 2.41 bits per heavy atom. The van der Waals surface area contributed by atoms with Crippen LogP contribution in [0.25, 0.3) is 0 Å². The van der Waals surface area contributed by atoms with Crippen molar-refractivity contribution in [1.29, 1.82) is 0 Å². The molecule has 1 N–H and O–H groups in total. The van der Waals surface area contributed by atoms with Gasteiger partial charge in [-0.15, -0.1) is 0 Å². The van der Waals surface area contributed by atoms with Crippen LogP contribution in [0.2, 0.25) is 0 Å². The molecule has 8 nitrogen and oxygen atoms in total. The molecule has 32 heavy (non-hydrogen) atoms. The third-order valence-corrected chi connectivity index (χ3v) is 5.48. The normalized spacial score (nSPS) is 22.1. The number of halogens is 2. The van der Waals surface area contributed by atoms with Crippen molar-refractivity contribution in [3.05, 3.63) is 29.3 Å². The van der Waals surface area contributed by atoms with Crippen molar-refractivity contribution >= 4 is 23.6 Å². The van der Waals surface area contributed by atoms with E-state index in [1.165, 1.54) is 19.2 Å². The van der Waals surface area contributed by atoms with Gasteiger partial charge in [-0.3, -0.25) is 14.9 Å². The molecule has 176 valence electrons. The number of hydrogen-bond acceptors (Lipinski definition) is 6. The molecule has 2 aliphatic heterocycles. The Morgan fingerprint density at radius 1 is 1.19 bits per heavy atom. The molecule has 1 aromatic carbocycles. The first-order valence-corrected chi connectivity index (χ1v) is 10.6. The van der Waals surface area contributed by atoms with Crippen LogP contribution < -0.4 is 10.2 Å². The highest BCUT2D eigenvalue weighted by molar-refractivity contribution is 6.01. The van der Waals surface area contributed by atoms with E-state index in [0.717, 1.165) is 0 Å². The number of nitrogens with one attached hydrogen (secondary N) is 1. The fraction of sp³-hybridized carbons (Fsp3) is 0.591. The van der Waals surface area contributed by atoms with Gasteiger partial charge in [0.1, 0.15) is 17.2 Å². The molecular weight excluding hydrogens is 424 g/mol. The van der Waals surface area contributed by atoms with E-state index in [4.69, 9.17) is 9.47 Å². The smallest absolute Gasteiger partial charge is 0.410 e. The fourth-order valence-corrected chi connectivity index (χ4v) is 4.06. The number of nitrogens with zero attached hydrogens (tertiary/aromatic N) is 2. The van der Waals surface area contributed by atoms with Gasteiger partial charge in [-0.1, -0.05) is 0 Å². The summed E-state index contributed by atoms with van der Waals surface area (Å²) < 4.78 is 40.7. The van der Waals surface area contributed by atoms with Gasteiger partial charge >= 0.3 is 6.09 Å². The summed E-state index contributed by atoms with van der Waals surface area (Å²) in [6.07, 6.45) is -0.373. The Hall–Kier alpha value is -2.75. The maximum Gasteiger partial charge on any atom is 0.410 e. The highest BCUT2D eigenvalue weighted by atomic mass is 19.1. The van der Waals surface area contributed by atoms with Crippen LogP contribution in [0.15, 0.2) is 12.1 Å². The van der Waals surface area contributed by atoms with Gasteiger partial charge in [-0.25, -0.2) is 13.6 Å². The molecule has 2 aliphatic rings. The summed E-state index contributed by atoms with van der Waals surface area (Å²) >= 11 is 0. The number of hydrogen-bond donors (Lipinski definition) is 1. The molecular formula is C22H29F2N3O5. The number of amides is 3. The van der Waals surface area contributed by atoms with Gasteiger partial charge < -0.3 is 19.3 Å². The van der Waals surface area contributed by atoms with Gasteiger partial charge in [0.05, 0.1) is 18.6 Å². The zero-order valence-corrected chi connectivity index (χ0v) is 18.7. The summed E-state index contributed by atoms with van der Waals surface area (Å²) in [6, 6.07) is 2.03. The van der Waals surface area contributed by atoms with Crippen molar-refractivity contribution in [2.24, 2.45) is 0 Å². The van der Waals surface area contributed by atoms with Crippen LogP contribution in [0.4, 0.5) is 19.3 Å². The molecule has 3 amide bonds. The molecule has 0 bridgehead atoms. The second kappa shape index (κ2) is 9.40. The fourth-order valence-electron chi connectivity index (χ4n) is 4.06. The molecule has 10 heteroatoms. The second-order valence-corrected chi connectivity index (χ2v) is 9.06. The Morgan fingerprint density at radius 2 is 1.84 bits per heavy atom. The second-order valence-electron chi connectivity index (χ2n) is 9.06. The predicted octanol–water partition coefficient (Wildman–Crippen LogP) is 2.56. The molecule has 2 heterocycles. The van der Waals surface area contributed by atoms with Gasteiger partial charge in [0, 0.05) is 44.4 Å². The van der Waals surface area contributed by atoms with Crippen molar-refractivity contribution in [2.75, 3.05) is 38.3 Å². The van der Waals surface area contributed by atoms with Gasteiger partial charge in [0.2, 0.25) is 11.8 Å². The number of benzene rings is 1. The predicted molar refractivity (Wildman–Crippen MR) is 112 cm³/mol. The molecule has 0 unspecified atom stereocenters. The van der Waals surface area contributed by atoms with Gasteiger partial charge in [-0.2, -0.15) is 0 Å². The van der Waals surface area contributed by atoms with E-state index >= 15 is 0 Å². The standard InChI is InChI=1S/C22H29F2N3O5/c1-22(2,3)32-21(30)26-7-8-27(14(11-26)12-31-4)13-9-16(23)19(17(24)10-13)15-5-6-18(28)25-20(15)29/h9-10,14-15H,5-8,11-12H2,1-4H3,(H,25,28,29)/t14-,15-/m1/s1. The van der Waals surface area contributed by atoms with Crippen LogP contribution in [0, 0.1) is 11.6 Å². The van der Waals surface area contributed by atoms with Crippen molar-refractivity contribution in [3.63, 3.8) is 0 Å². The van der Waals surface area contributed by atoms with Crippen LogP contribution in [-0.2, 0) is 19.1 Å².